The number of likely N-dealkylation sites (tertiary alicyclic amines) is 1. The molecule has 0 unspecified atom stereocenters. The molecule has 0 saturated carbocycles. The van der Waals surface area contributed by atoms with Crippen LogP contribution < -0.4 is 20.1 Å². The fraction of sp³-hybridized carbons (Fsp3) is 0.536. The minimum absolute atomic E-state index is 0.0132. The highest BCUT2D eigenvalue weighted by Gasteiger charge is 2.44. The Bertz CT molecular complexity index is 2860. The highest BCUT2D eigenvalue weighted by atomic mass is 32.2. The fourth-order valence-corrected chi connectivity index (χ4v) is 10.7. The van der Waals surface area contributed by atoms with Crippen molar-refractivity contribution in [2.24, 2.45) is 5.41 Å². The van der Waals surface area contributed by atoms with Gasteiger partial charge in [0.05, 0.1) is 106 Å². The largest absolute Gasteiger partial charge is 0.494 e. The van der Waals surface area contributed by atoms with Gasteiger partial charge in [0, 0.05) is 32.0 Å². The molecule has 20 nitrogen and oxygen atoms in total. The Morgan fingerprint density at radius 2 is 1.38 bits per heavy atom. The third-order valence-corrected chi connectivity index (χ3v) is 15.8. The van der Waals surface area contributed by atoms with Gasteiger partial charge in [-0.05, 0) is 72.1 Å². The lowest BCUT2D eigenvalue weighted by Crippen LogP contribution is -2.57. The molecule has 0 spiro atoms. The lowest BCUT2D eigenvalue weighted by molar-refractivity contribution is -0.144. The predicted octanol–water partition coefficient (Wildman–Crippen LogP) is 6.12. The van der Waals surface area contributed by atoms with E-state index in [2.05, 4.69) is 46.7 Å². The first kappa shape index (κ1) is 61.4. The molecule has 3 amide bonds. The quantitative estimate of drug-likeness (QED) is 0.0457. The van der Waals surface area contributed by atoms with Crippen molar-refractivity contribution < 1.29 is 61.1 Å². The zero-order chi connectivity index (χ0) is 56.6. The van der Waals surface area contributed by atoms with Crippen LogP contribution in [0.5, 0.6) is 11.5 Å². The number of aliphatic hydroxyl groups is 1. The summed E-state index contributed by atoms with van der Waals surface area (Å²) < 4.78 is 68.3. The molecule has 3 heterocycles. The minimum atomic E-state index is -3.93. The molecule has 0 bridgehead atoms. The monoisotopic (exact) mass is 1120 g/mol. The number of ether oxygens (including phenoxy) is 7. The molecule has 1 aliphatic rings. The zero-order valence-corrected chi connectivity index (χ0v) is 48.2. The molecular formula is C56H77N7O13S2. The average Bonchev–Trinajstić information content (AvgIpc) is 4.20. The third-order valence-electron chi connectivity index (χ3n) is 13.0. The van der Waals surface area contributed by atoms with Crippen LogP contribution in [-0.4, -0.2) is 161 Å². The van der Waals surface area contributed by atoms with Gasteiger partial charge < -0.3 is 53.8 Å². The summed E-state index contributed by atoms with van der Waals surface area (Å²) in [6.45, 7) is 20.9. The van der Waals surface area contributed by atoms with Crippen LogP contribution in [0.15, 0.2) is 76.1 Å². The van der Waals surface area contributed by atoms with Gasteiger partial charge in [-0.3, -0.25) is 14.4 Å². The SMILES string of the molecule is COc1cc(OCCOCCOCCOCCOCCOCCC(=O)N[C@H](C(=O)N2C[C@H](O)C[C@H]2C(=O)NCc2ccc(-c3scnc3C)cc2)C(C)(C)C)c(C)cc1-n1nnc(S(=O)(=O)c2ccc(C(C)(C)C)cc2)c1C. The number of aliphatic hydroxyl groups excluding tert-OH is 1. The number of amides is 3. The predicted molar refractivity (Wildman–Crippen MR) is 294 cm³/mol. The van der Waals surface area contributed by atoms with Crippen molar-refractivity contribution in [2.75, 3.05) is 86.3 Å². The van der Waals surface area contributed by atoms with Gasteiger partial charge in [-0.25, -0.2) is 18.1 Å². The summed E-state index contributed by atoms with van der Waals surface area (Å²) in [5.74, 6) is -0.172. The topological polar surface area (TPSA) is 241 Å². The highest BCUT2D eigenvalue weighted by molar-refractivity contribution is 7.91. The molecular weight excluding hydrogens is 1040 g/mol. The number of nitrogens with one attached hydrogen (secondary N) is 2. The molecule has 22 heteroatoms. The maximum Gasteiger partial charge on any atom is 0.246 e. The second kappa shape index (κ2) is 28.3. The second-order valence-corrected chi connectivity index (χ2v) is 23.8. The van der Waals surface area contributed by atoms with Crippen LogP contribution in [0, 0.1) is 26.2 Å². The first-order chi connectivity index (χ1) is 37.1. The van der Waals surface area contributed by atoms with Gasteiger partial charge >= 0.3 is 0 Å². The normalized spacial score (nSPS) is 15.3. The van der Waals surface area contributed by atoms with Crippen LogP contribution in [0.2, 0.25) is 0 Å². The van der Waals surface area contributed by atoms with E-state index in [0.717, 1.165) is 32.8 Å². The molecule has 78 heavy (non-hydrogen) atoms. The summed E-state index contributed by atoms with van der Waals surface area (Å²) in [6.07, 6.45) is -0.758. The van der Waals surface area contributed by atoms with Crippen LogP contribution in [0.25, 0.3) is 16.1 Å². The summed E-state index contributed by atoms with van der Waals surface area (Å²) in [5.41, 5.74) is 6.57. The molecule has 2 aromatic heterocycles. The second-order valence-electron chi connectivity index (χ2n) is 21.1. The van der Waals surface area contributed by atoms with Gasteiger partial charge in [0.2, 0.25) is 32.6 Å². The number of thiazole rings is 1. The Morgan fingerprint density at radius 1 is 0.795 bits per heavy atom. The van der Waals surface area contributed by atoms with Gasteiger partial charge in [-0.15, -0.1) is 16.4 Å². The van der Waals surface area contributed by atoms with Crippen molar-refractivity contribution in [2.45, 2.75) is 115 Å². The van der Waals surface area contributed by atoms with Crippen molar-refractivity contribution in [1.29, 1.82) is 0 Å². The Morgan fingerprint density at radius 3 is 1.94 bits per heavy atom. The van der Waals surface area contributed by atoms with Gasteiger partial charge in [0.15, 0.2) is 0 Å². The van der Waals surface area contributed by atoms with Crippen molar-refractivity contribution in [1.82, 2.24) is 35.5 Å². The number of carbonyl (C=O) groups excluding carboxylic acids is 3. The zero-order valence-electron chi connectivity index (χ0n) is 46.6. The van der Waals surface area contributed by atoms with Gasteiger partial charge in [-0.2, -0.15) is 0 Å². The van der Waals surface area contributed by atoms with E-state index in [4.69, 9.17) is 33.2 Å². The Kier molecular flexibility index (Phi) is 22.3. The van der Waals surface area contributed by atoms with E-state index in [-0.39, 0.29) is 72.9 Å². The lowest BCUT2D eigenvalue weighted by atomic mass is 9.85. The van der Waals surface area contributed by atoms with Crippen molar-refractivity contribution in [3.8, 4) is 27.6 Å². The number of benzene rings is 3. The number of nitrogens with zero attached hydrogens (tertiary/aromatic N) is 5. The molecule has 6 rings (SSSR count). The van der Waals surface area contributed by atoms with E-state index in [1.165, 1.54) is 16.7 Å². The van der Waals surface area contributed by atoms with Crippen LogP contribution in [0.3, 0.4) is 0 Å². The first-order valence-corrected chi connectivity index (χ1v) is 28.5. The number of sulfone groups is 1. The number of hydrogen-bond acceptors (Lipinski definition) is 17. The Balaban J connectivity index is 0.789. The van der Waals surface area contributed by atoms with E-state index >= 15 is 0 Å². The van der Waals surface area contributed by atoms with Crippen LogP contribution in [0.4, 0.5) is 0 Å². The van der Waals surface area contributed by atoms with Crippen LogP contribution in [0.1, 0.15) is 82.5 Å². The fourth-order valence-electron chi connectivity index (χ4n) is 8.55. The molecule has 3 N–H and O–H groups in total. The van der Waals surface area contributed by atoms with Gasteiger partial charge in [0.25, 0.3) is 0 Å². The van der Waals surface area contributed by atoms with E-state index in [1.54, 1.807) is 36.5 Å². The number of β-amino-alcohol motifs (C(OH)–C–C–N with tert-alkyl or cyclic N) is 1. The molecule has 5 aromatic rings. The first-order valence-electron chi connectivity index (χ1n) is 26.1. The lowest BCUT2D eigenvalue weighted by Gasteiger charge is -2.35. The van der Waals surface area contributed by atoms with E-state index in [9.17, 15) is 27.9 Å². The average molecular weight is 1120 g/mol. The molecule has 1 aliphatic heterocycles. The highest BCUT2D eigenvalue weighted by Crippen LogP contribution is 2.34. The van der Waals surface area contributed by atoms with E-state index < -0.39 is 39.3 Å². The van der Waals surface area contributed by atoms with Gasteiger partial charge in [-0.1, -0.05) is 83.2 Å². The number of methoxy groups -OCH3 is 1. The number of aryl methyl sites for hydroxylation is 2. The summed E-state index contributed by atoms with van der Waals surface area (Å²) in [5, 5.41) is 24.5. The molecule has 3 atom stereocenters. The summed E-state index contributed by atoms with van der Waals surface area (Å²) in [7, 11) is -2.42. The van der Waals surface area contributed by atoms with Crippen molar-refractivity contribution in [3.05, 3.63) is 94.3 Å². The Labute approximate surface area is 462 Å². The van der Waals surface area contributed by atoms with E-state index in [0.29, 0.717) is 75.7 Å². The number of rotatable bonds is 29. The minimum Gasteiger partial charge on any atom is -0.494 e. The third kappa shape index (κ3) is 16.8. The molecule has 0 radical (unpaired) electrons. The van der Waals surface area contributed by atoms with Gasteiger partial charge in [0.1, 0.15) is 35.9 Å². The summed E-state index contributed by atoms with van der Waals surface area (Å²) >= 11 is 1.57. The van der Waals surface area contributed by atoms with Crippen molar-refractivity contribution >= 4 is 38.9 Å². The smallest absolute Gasteiger partial charge is 0.246 e. The van der Waals surface area contributed by atoms with E-state index in [1.807, 2.05) is 82.6 Å². The molecule has 1 fully saturated rings. The van der Waals surface area contributed by atoms with Crippen molar-refractivity contribution in [3.63, 3.8) is 0 Å². The Hall–Kier alpha value is -5.85. The standard InChI is InChI=1S/C56H77N7O13S2/c1-37-31-45(63-39(3)53(60-61-63)78(68,69)44-17-15-42(16-18-44)55(4,5)6)48(70-10)33-47(37)76-30-29-75-28-27-74-26-25-73-24-23-72-22-21-71-20-19-49(65)59-51(56(7,8)9)54(67)62-35-43(64)32-46(62)52(66)57-34-40-11-13-41(14-12-40)50-38(2)58-36-77-50/h11-18,31,33,36,43,46,51,64H,19-30,32,34-35H2,1-10H3,(H,57,66)(H,59,65)/t43-,46+,51-/m1/s1. The maximum atomic E-state index is 14.0. The molecule has 1 saturated heterocycles. The summed E-state index contributed by atoms with van der Waals surface area (Å²) in [4.78, 5) is 47.3. The maximum absolute atomic E-state index is 14.0. The molecule has 0 aliphatic carbocycles. The number of carbonyl (C=O) groups is 3. The van der Waals surface area contributed by atoms with Crippen LogP contribution >= 0.6 is 11.3 Å². The number of aromatic nitrogens is 4. The molecule has 426 valence electrons. The molecule has 3 aromatic carbocycles. The van der Waals surface area contributed by atoms with Crippen LogP contribution in [-0.2, 0) is 59.9 Å². The number of hydrogen-bond donors (Lipinski definition) is 3. The summed E-state index contributed by atoms with van der Waals surface area (Å²) in [6, 6.07) is 16.4.